The fourth-order valence-electron chi connectivity index (χ4n) is 5.36. The summed E-state index contributed by atoms with van der Waals surface area (Å²) in [6.07, 6.45) is -2.40. The number of fused-ring (bicyclic) bond motifs is 1. The van der Waals surface area contributed by atoms with E-state index >= 15 is 4.39 Å². The zero-order valence-electron chi connectivity index (χ0n) is 22.9. The van der Waals surface area contributed by atoms with Crippen LogP contribution in [0.25, 0.3) is 5.52 Å². The first-order valence-electron chi connectivity index (χ1n) is 13.2. The second-order valence-electron chi connectivity index (χ2n) is 10.1. The predicted octanol–water partition coefficient (Wildman–Crippen LogP) is 6.22. The van der Waals surface area contributed by atoms with Gasteiger partial charge in [-0.1, -0.05) is 6.07 Å². The van der Waals surface area contributed by atoms with Crippen molar-refractivity contribution in [3.05, 3.63) is 83.4 Å². The Hall–Kier alpha value is -4.28. The van der Waals surface area contributed by atoms with E-state index in [-0.39, 0.29) is 29.8 Å². The van der Waals surface area contributed by atoms with Crippen LogP contribution < -0.4 is 19.3 Å². The molecule has 1 aliphatic heterocycles. The molecule has 0 aliphatic carbocycles. The molecule has 5 rings (SSSR count). The van der Waals surface area contributed by atoms with Crippen LogP contribution in [0.5, 0.6) is 11.5 Å². The van der Waals surface area contributed by atoms with Gasteiger partial charge in [0.05, 0.1) is 29.6 Å². The van der Waals surface area contributed by atoms with E-state index in [1.807, 2.05) is 17.9 Å². The maximum atomic E-state index is 15.2. The van der Waals surface area contributed by atoms with E-state index < -0.39 is 6.36 Å². The topological polar surface area (TPSA) is 59.3 Å². The number of aryl methyl sites for hydroxylation is 2. The molecule has 0 bridgehead atoms. The Morgan fingerprint density at radius 3 is 2.46 bits per heavy atom. The number of pyridine rings is 1. The summed E-state index contributed by atoms with van der Waals surface area (Å²) < 4.78 is 63.5. The molecule has 2 aromatic carbocycles. The fraction of sp³-hybridized carbons (Fsp3) is 0.333. The van der Waals surface area contributed by atoms with Gasteiger partial charge in [0.15, 0.2) is 5.78 Å². The second kappa shape index (κ2) is 11.3. The van der Waals surface area contributed by atoms with Gasteiger partial charge in [0.1, 0.15) is 17.3 Å². The molecule has 0 N–H and O–H groups in total. The minimum Gasteiger partial charge on any atom is -0.497 e. The second-order valence-corrected chi connectivity index (χ2v) is 10.1. The van der Waals surface area contributed by atoms with E-state index in [0.717, 1.165) is 11.3 Å². The van der Waals surface area contributed by atoms with Crippen molar-refractivity contribution in [1.82, 2.24) is 9.61 Å². The zero-order chi connectivity index (χ0) is 29.3. The third-order valence-electron chi connectivity index (χ3n) is 7.32. The maximum absolute atomic E-state index is 15.2. The number of aromatic nitrogens is 2. The summed E-state index contributed by atoms with van der Waals surface area (Å²) in [5.41, 5.74) is 3.81. The summed E-state index contributed by atoms with van der Waals surface area (Å²) in [5, 5.41) is 4.41. The molecule has 0 spiro atoms. The number of anilines is 2. The third kappa shape index (κ3) is 6.23. The lowest BCUT2D eigenvalue weighted by Gasteiger charge is -2.42. The number of hydrogen-bond acceptors (Lipinski definition) is 6. The van der Waals surface area contributed by atoms with Crippen molar-refractivity contribution in [2.45, 2.75) is 39.1 Å². The monoisotopic (exact) mass is 570 g/mol. The number of alkyl halides is 3. The van der Waals surface area contributed by atoms with Crippen molar-refractivity contribution in [2.75, 3.05) is 36.5 Å². The van der Waals surface area contributed by atoms with Crippen LogP contribution in [-0.4, -0.2) is 54.5 Å². The van der Waals surface area contributed by atoms with Gasteiger partial charge >= 0.3 is 6.36 Å². The first-order valence-corrected chi connectivity index (χ1v) is 13.2. The van der Waals surface area contributed by atoms with Crippen LogP contribution >= 0.6 is 0 Å². The molecule has 41 heavy (non-hydrogen) atoms. The molecule has 3 heterocycles. The molecule has 2 aromatic heterocycles. The van der Waals surface area contributed by atoms with Crippen LogP contribution in [0.1, 0.15) is 35.0 Å². The van der Waals surface area contributed by atoms with Crippen LogP contribution in [0.4, 0.5) is 28.9 Å². The van der Waals surface area contributed by atoms with E-state index in [9.17, 15) is 18.0 Å². The molecule has 1 fully saturated rings. The fourth-order valence-corrected chi connectivity index (χ4v) is 5.36. The summed E-state index contributed by atoms with van der Waals surface area (Å²) >= 11 is 0. The van der Waals surface area contributed by atoms with Gasteiger partial charge in [-0.25, -0.2) is 8.91 Å². The molecule has 4 aromatic rings. The smallest absolute Gasteiger partial charge is 0.497 e. The Morgan fingerprint density at radius 2 is 1.80 bits per heavy atom. The van der Waals surface area contributed by atoms with Gasteiger partial charge in [-0.05, 0) is 68.3 Å². The SMILES string of the molecule is COc1ccn2nc(C)c(C(=O)CCc3ccc(N4CCN(c5ccc(OC(F)(F)F)cc5)[C@@H](C)C4)c(F)c3)c2c1. The van der Waals surface area contributed by atoms with E-state index in [4.69, 9.17) is 4.74 Å². The highest BCUT2D eigenvalue weighted by molar-refractivity contribution is 6.03. The molecule has 1 atom stereocenters. The molecular weight excluding hydrogens is 540 g/mol. The van der Waals surface area contributed by atoms with Gasteiger partial charge in [-0.3, -0.25) is 4.79 Å². The van der Waals surface area contributed by atoms with E-state index in [0.29, 0.717) is 54.3 Å². The van der Waals surface area contributed by atoms with Gasteiger partial charge in [0, 0.05) is 50.0 Å². The number of nitrogens with zero attached hydrogens (tertiary/aromatic N) is 4. The average Bonchev–Trinajstić information content (AvgIpc) is 3.26. The lowest BCUT2D eigenvalue weighted by Crippen LogP contribution is -2.52. The quantitative estimate of drug-likeness (QED) is 0.185. The highest BCUT2D eigenvalue weighted by atomic mass is 19.4. The summed E-state index contributed by atoms with van der Waals surface area (Å²) in [4.78, 5) is 17.2. The highest BCUT2D eigenvalue weighted by Gasteiger charge is 2.31. The highest BCUT2D eigenvalue weighted by Crippen LogP contribution is 2.30. The van der Waals surface area contributed by atoms with Gasteiger partial charge in [0.25, 0.3) is 0 Å². The van der Waals surface area contributed by atoms with Crippen molar-refractivity contribution in [3.8, 4) is 11.5 Å². The number of halogens is 4. The van der Waals surface area contributed by atoms with Crippen molar-refractivity contribution in [1.29, 1.82) is 0 Å². The van der Waals surface area contributed by atoms with Crippen molar-refractivity contribution in [3.63, 3.8) is 0 Å². The Labute approximate surface area is 234 Å². The molecule has 1 aliphatic rings. The minimum absolute atomic E-state index is 0.0115. The van der Waals surface area contributed by atoms with Gasteiger partial charge in [-0.2, -0.15) is 5.10 Å². The van der Waals surface area contributed by atoms with E-state index in [1.54, 1.807) is 55.1 Å². The minimum atomic E-state index is -4.74. The number of carbonyl (C=O) groups is 1. The predicted molar refractivity (Wildman–Crippen MR) is 148 cm³/mol. The standard InChI is InChI=1S/C30H30F4N4O3/c1-19-18-36(14-15-37(19)22-6-8-23(9-7-22)41-30(32,33)34)26-10-4-21(16-25(26)31)5-11-28(39)29-20(2)35-38-13-12-24(40-3)17-27(29)38/h4,6-10,12-13,16-17,19H,5,11,14-15,18H2,1-3H3/t19-/m0/s1. The summed E-state index contributed by atoms with van der Waals surface area (Å²) in [5.74, 6) is -0.0718. The normalized spacial score (nSPS) is 15.8. The Bertz CT molecular complexity index is 1550. The van der Waals surface area contributed by atoms with Crippen LogP contribution in [0, 0.1) is 12.7 Å². The summed E-state index contributed by atoms with van der Waals surface area (Å²) in [7, 11) is 1.56. The van der Waals surface area contributed by atoms with Gasteiger partial charge in [0.2, 0.25) is 0 Å². The number of methoxy groups -OCH3 is 1. The number of Topliss-reactive ketones (excluding diaryl/α,β-unsaturated/α-hetero) is 1. The number of hydrogen-bond donors (Lipinski definition) is 0. The number of ether oxygens (including phenoxy) is 2. The summed E-state index contributed by atoms with van der Waals surface area (Å²) in [6, 6.07) is 14.4. The number of benzene rings is 2. The molecule has 0 saturated carbocycles. The number of ketones is 1. The molecular formula is C30H30F4N4O3. The summed E-state index contributed by atoms with van der Waals surface area (Å²) in [6.45, 7) is 5.42. The Morgan fingerprint density at radius 1 is 1.05 bits per heavy atom. The Balaban J connectivity index is 1.21. The lowest BCUT2D eigenvalue weighted by atomic mass is 10.0. The largest absolute Gasteiger partial charge is 0.573 e. The molecule has 7 nitrogen and oxygen atoms in total. The number of carbonyl (C=O) groups excluding carboxylic acids is 1. The van der Waals surface area contributed by atoms with Crippen molar-refractivity contribution in [2.24, 2.45) is 0 Å². The molecule has 11 heteroatoms. The first kappa shape index (κ1) is 28.3. The van der Waals surface area contributed by atoms with E-state index in [1.165, 1.54) is 18.2 Å². The molecule has 0 amide bonds. The van der Waals surface area contributed by atoms with Crippen LogP contribution in [0.2, 0.25) is 0 Å². The van der Waals surface area contributed by atoms with Crippen molar-refractivity contribution >= 4 is 22.7 Å². The third-order valence-corrected chi connectivity index (χ3v) is 7.32. The first-order chi connectivity index (χ1) is 19.5. The lowest BCUT2D eigenvalue weighted by molar-refractivity contribution is -0.274. The van der Waals surface area contributed by atoms with E-state index in [2.05, 4.69) is 14.7 Å². The van der Waals surface area contributed by atoms with Gasteiger partial charge in [-0.15, -0.1) is 13.2 Å². The van der Waals surface area contributed by atoms with Crippen LogP contribution in [0.15, 0.2) is 60.8 Å². The number of rotatable bonds is 8. The average molecular weight is 571 g/mol. The molecule has 0 unspecified atom stereocenters. The molecule has 1 saturated heterocycles. The molecule has 0 radical (unpaired) electrons. The van der Waals surface area contributed by atoms with Crippen molar-refractivity contribution < 1.29 is 31.8 Å². The van der Waals surface area contributed by atoms with Crippen LogP contribution in [-0.2, 0) is 6.42 Å². The molecule has 216 valence electrons. The Kier molecular flexibility index (Phi) is 7.79. The zero-order valence-corrected chi connectivity index (χ0v) is 22.9. The van der Waals surface area contributed by atoms with Gasteiger partial charge < -0.3 is 19.3 Å². The maximum Gasteiger partial charge on any atom is 0.573 e. The van der Waals surface area contributed by atoms with Crippen LogP contribution in [0.3, 0.4) is 0 Å². The number of piperazine rings is 1.